The maximum Gasteiger partial charge on any atom is 0.141 e. The molecule has 1 aliphatic rings. The maximum atomic E-state index is 11.9. The number of pyridine rings is 1. The second kappa shape index (κ2) is 7.51. The van der Waals surface area contributed by atoms with Crippen LogP contribution in [0.4, 0.5) is 5.69 Å². The molecule has 1 aliphatic carbocycles. The van der Waals surface area contributed by atoms with Crippen molar-refractivity contribution in [3.05, 3.63) is 60.7 Å². The van der Waals surface area contributed by atoms with Crippen molar-refractivity contribution in [1.82, 2.24) is 14.8 Å². The van der Waals surface area contributed by atoms with Crippen LogP contribution in [0.15, 0.2) is 55.0 Å². The maximum absolute atomic E-state index is 11.9. The first-order valence-electron chi connectivity index (χ1n) is 9.00. The van der Waals surface area contributed by atoms with E-state index < -0.39 is 11.4 Å². The van der Waals surface area contributed by atoms with Gasteiger partial charge in [-0.05, 0) is 36.2 Å². The molecule has 0 spiro atoms. The molecule has 0 radical (unpaired) electrons. The highest BCUT2D eigenvalue weighted by Crippen LogP contribution is 2.30. The SMILES string of the molecule is CCCc1cc(-n2cc(-c3ccc(N[S+]([O-])C4CC4)cc3)cn2)ccn1. The summed E-state index contributed by atoms with van der Waals surface area (Å²) >= 11 is -0.960. The summed E-state index contributed by atoms with van der Waals surface area (Å²) in [6.07, 6.45) is 9.89. The zero-order valence-electron chi connectivity index (χ0n) is 14.8. The van der Waals surface area contributed by atoms with Crippen LogP contribution in [-0.4, -0.2) is 24.6 Å². The van der Waals surface area contributed by atoms with Gasteiger partial charge in [0.15, 0.2) is 0 Å². The van der Waals surface area contributed by atoms with Gasteiger partial charge in [-0.3, -0.25) is 4.98 Å². The Morgan fingerprint density at radius 2 is 2.00 bits per heavy atom. The van der Waals surface area contributed by atoms with E-state index in [9.17, 15) is 4.55 Å². The van der Waals surface area contributed by atoms with Gasteiger partial charge in [-0.2, -0.15) is 5.10 Å². The normalized spacial score (nSPS) is 15.0. The van der Waals surface area contributed by atoms with Crippen LogP contribution in [0.2, 0.25) is 0 Å². The Labute approximate surface area is 156 Å². The second-order valence-electron chi connectivity index (χ2n) is 6.61. The summed E-state index contributed by atoms with van der Waals surface area (Å²) in [6, 6.07) is 12.1. The predicted molar refractivity (Wildman–Crippen MR) is 106 cm³/mol. The van der Waals surface area contributed by atoms with Gasteiger partial charge < -0.3 is 4.55 Å². The number of anilines is 1. The first kappa shape index (κ1) is 17.1. The molecule has 2 aromatic heterocycles. The summed E-state index contributed by atoms with van der Waals surface area (Å²) in [5, 5.41) is 4.82. The quantitative estimate of drug-likeness (QED) is 0.639. The van der Waals surface area contributed by atoms with Crippen molar-refractivity contribution in [2.24, 2.45) is 0 Å². The van der Waals surface area contributed by atoms with E-state index in [0.29, 0.717) is 5.25 Å². The minimum Gasteiger partial charge on any atom is -0.593 e. The topological polar surface area (TPSA) is 65.8 Å². The number of nitrogens with zero attached hydrogens (tertiary/aromatic N) is 3. The molecular weight excluding hydrogens is 344 g/mol. The van der Waals surface area contributed by atoms with Crippen LogP contribution in [0.1, 0.15) is 31.9 Å². The molecule has 4 rings (SSSR count). The molecule has 1 fully saturated rings. The van der Waals surface area contributed by atoms with Crippen LogP contribution in [0, 0.1) is 0 Å². The van der Waals surface area contributed by atoms with E-state index >= 15 is 0 Å². The Bertz CT molecular complexity index is 874. The Hall–Kier alpha value is -2.31. The molecule has 3 aromatic rings. The van der Waals surface area contributed by atoms with Gasteiger partial charge in [0.1, 0.15) is 5.25 Å². The minimum atomic E-state index is -0.960. The molecule has 26 heavy (non-hydrogen) atoms. The summed E-state index contributed by atoms with van der Waals surface area (Å²) in [7, 11) is 0. The molecule has 1 saturated carbocycles. The van der Waals surface area contributed by atoms with Crippen LogP contribution in [0.5, 0.6) is 0 Å². The summed E-state index contributed by atoms with van der Waals surface area (Å²) in [6.45, 7) is 2.15. The molecule has 1 aromatic carbocycles. The van der Waals surface area contributed by atoms with Gasteiger partial charge >= 0.3 is 0 Å². The molecule has 1 N–H and O–H groups in total. The number of benzene rings is 1. The number of rotatable bonds is 7. The van der Waals surface area contributed by atoms with E-state index in [1.807, 2.05) is 53.6 Å². The van der Waals surface area contributed by atoms with Crippen molar-refractivity contribution >= 4 is 17.0 Å². The standard InChI is InChI=1S/C20H22N4OS/c1-2-3-18-12-19(10-11-21-18)24-14-16(13-22-24)15-4-6-17(7-5-15)23-26(25)20-8-9-20/h4-7,10-14,20,23H,2-3,8-9H2,1H3. The minimum absolute atomic E-state index is 0.325. The van der Waals surface area contributed by atoms with Crippen LogP contribution >= 0.6 is 0 Å². The lowest BCUT2D eigenvalue weighted by molar-refractivity contribution is 0.599. The lowest BCUT2D eigenvalue weighted by Crippen LogP contribution is -2.17. The van der Waals surface area contributed by atoms with Crippen molar-refractivity contribution in [3.8, 4) is 16.8 Å². The molecule has 0 aliphatic heterocycles. The Morgan fingerprint density at radius 1 is 1.19 bits per heavy atom. The number of nitrogens with one attached hydrogen (secondary N) is 1. The van der Waals surface area contributed by atoms with Crippen LogP contribution < -0.4 is 4.72 Å². The van der Waals surface area contributed by atoms with E-state index in [1.165, 1.54) is 0 Å². The zero-order valence-corrected chi connectivity index (χ0v) is 15.6. The summed E-state index contributed by atoms with van der Waals surface area (Å²) in [5.74, 6) is 0. The van der Waals surface area contributed by atoms with Crippen molar-refractivity contribution in [1.29, 1.82) is 0 Å². The molecule has 1 unspecified atom stereocenters. The van der Waals surface area contributed by atoms with Crippen molar-refractivity contribution in [2.45, 2.75) is 37.9 Å². The number of hydrogen-bond acceptors (Lipinski definition) is 4. The number of aromatic nitrogens is 3. The van der Waals surface area contributed by atoms with E-state index in [0.717, 1.165) is 53.9 Å². The molecule has 1 atom stereocenters. The third-order valence-electron chi connectivity index (χ3n) is 4.42. The first-order valence-corrected chi connectivity index (χ1v) is 10.2. The molecule has 5 nitrogen and oxygen atoms in total. The zero-order chi connectivity index (χ0) is 17.9. The van der Waals surface area contributed by atoms with Gasteiger partial charge in [0, 0.05) is 36.5 Å². The van der Waals surface area contributed by atoms with Crippen LogP contribution in [0.3, 0.4) is 0 Å². The fourth-order valence-electron chi connectivity index (χ4n) is 2.83. The van der Waals surface area contributed by atoms with Gasteiger partial charge in [-0.1, -0.05) is 25.5 Å². The average Bonchev–Trinajstić information content (AvgIpc) is 3.40. The molecule has 134 valence electrons. The molecule has 0 amide bonds. The molecule has 0 saturated heterocycles. The molecule has 6 heteroatoms. The molecule has 0 bridgehead atoms. The number of aryl methyl sites for hydroxylation is 1. The largest absolute Gasteiger partial charge is 0.593 e. The average molecular weight is 366 g/mol. The summed E-state index contributed by atoms with van der Waals surface area (Å²) in [4.78, 5) is 4.40. The van der Waals surface area contributed by atoms with Gasteiger partial charge in [0.25, 0.3) is 0 Å². The highest BCUT2D eigenvalue weighted by molar-refractivity contribution is 7.93. The van der Waals surface area contributed by atoms with Gasteiger partial charge in [-0.15, -0.1) is 0 Å². The highest BCUT2D eigenvalue weighted by Gasteiger charge is 2.35. The summed E-state index contributed by atoms with van der Waals surface area (Å²) < 4.78 is 16.9. The van der Waals surface area contributed by atoms with Gasteiger partial charge in [-0.25, -0.2) is 9.40 Å². The van der Waals surface area contributed by atoms with Crippen LogP contribution in [0.25, 0.3) is 16.8 Å². The van der Waals surface area contributed by atoms with Gasteiger partial charge in [0.05, 0.1) is 28.9 Å². The lowest BCUT2D eigenvalue weighted by atomic mass is 10.1. The smallest absolute Gasteiger partial charge is 0.141 e. The lowest BCUT2D eigenvalue weighted by Gasteiger charge is -2.11. The summed E-state index contributed by atoms with van der Waals surface area (Å²) in [5.41, 5.74) is 5.13. The third-order valence-corrected chi connectivity index (χ3v) is 5.93. The Morgan fingerprint density at radius 3 is 2.73 bits per heavy atom. The van der Waals surface area contributed by atoms with E-state index in [1.54, 1.807) is 0 Å². The van der Waals surface area contributed by atoms with E-state index in [-0.39, 0.29) is 0 Å². The fraction of sp³-hybridized carbons (Fsp3) is 0.300. The van der Waals surface area contributed by atoms with E-state index in [4.69, 9.17) is 0 Å². The van der Waals surface area contributed by atoms with Crippen LogP contribution in [-0.2, 0) is 17.8 Å². The number of hydrogen-bond donors (Lipinski definition) is 1. The third kappa shape index (κ3) is 3.92. The molecule has 2 heterocycles. The Kier molecular flexibility index (Phi) is 4.95. The Balaban J connectivity index is 1.49. The first-order chi connectivity index (χ1) is 12.7. The van der Waals surface area contributed by atoms with Gasteiger partial charge in [0.2, 0.25) is 0 Å². The molecular formula is C20H22N4OS. The monoisotopic (exact) mass is 366 g/mol. The van der Waals surface area contributed by atoms with E-state index in [2.05, 4.69) is 27.8 Å². The second-order valence-corrected chi connectivity index (χ2v) is 8.07. The van der Waals surface area contributed by atoms with Crippen molar-refractivity contribution in [2.75, 3.05) is 4.72 Å². The predicted octanol–water partition coefficient (Wildman–Crippen LogP) is 4.12. The highest BCUT2D eigenvalue weighted by atomic mass is 32.2. The van der Waals surface area contributed by atoms with Crippen molar-refractivity contribution in [3.63, 3.8) is 0 Å². The van der Waals surface area contributed by atoms with Crippen molar-refractivity contribution < 1.29 is 4.55 Å². The fourth-order valence-corrected chi connectivity index (χ4v) is 3.93.